The second-order valence-corrected chi connectivity index (χ2v) is 7.84. The maximum Gasteiger partial charge on any atom is 0.321 e. The van der Waals surface area contributed by atoms with Gasteiger partial charge in [-0.3, -0.25) is 9.80 Å². The highest BCUT2D eigenvalue weighted by molar-refractivity contribution is 5.93. The smallest absolute Gasteiger partial charge is 0.321 e. The summed E-state index contributed by atoms with van der Waals surface area (Å²) in [5.74, 6) is 1.63. The first kappa shape index (κ1) is 18.1. The topological polar surface area (TPSA) is 66.1 Å². The Balaban J connectivity index is 1.18. The van der Waals surface area contributed by atoms with Crippen molar-refractivity contribution in [2.75, 3.05) is 43.2 Å². The molecule has 3 heterocycles. The number of carbonyl (C=O) groups is 1. The number of rotatable bonds is 5. The monoisotopic (exact) mass is 394 g/mol. The number of fused-ring (bicyclic) bond motifs is 1. The van der Waals surface area contributed by atoms with E-state index in [2.05, 4.69) is 33.7 Å². The van der Waals surface area contributed by atoms with Gasteiger partial charge in [-0.15, -0.1) is 0 Å². The van der Waals surface area contributed by atoms with Gasteiger partial charge in [0, 0.05) is 49.7 Å². The molecule has 3 aliphatic heterocycles. The van der Waals surface area contributed by atoms with E-state index in [1.54, 1.807) is 4.90 Å². The lowest BCUT2D eigenvalue weighted by Crippen LogP contribution is -2.41. The molecule has 1 unspecified atom stereocenters. The van der Waals surface area contributed by atoms with Crippen LogP contribution in [-0.4, -0.2) is 49.9 Å². The Morgan fingerprint density at radius 2 is 1.93 bits per heavy atom. The largest absolute Gasteiger partial charge is 0.454 e. The van der Waals surface area contributed by atoms with Crippen LogP contribution in [-0.2, 0) is 6.54 Å². The van der Waals surface area contributed by atoms with Gasteiger partial charge in [-0.1, -0.05) is 12.1 Å². The molecule has 5 rings (SSSR count). The average molecular weight is 394 g/mol. The van der Waals surface area contributed by atoms with E-state index in [0.29, 0.717) is 19.4 Å². The molecule has 29 heavy (non-hydrogen) atoms. The van der Waals surface area contributed by atoms with E-state index in [9.17, 15) is 4.79 Å². The highest BCUT2D eigenvalue weighted by atomic mass is 16.7. The summed E-state index contributed by atoms with van der Waals surface area (Å²) in [5.41, 5.74) is 3.32. The zero-order valence-electron chi connectivity index (χ0n) is 16.4. The summed E-state index contributed by atoms with van der Waals surface area (Å²) in [5, 5.41) is 6.49. The lowest BCUT2D eigenvalue weighted by atomic mass is 10.0. The molecular weight excluding hydrogens is 368 g/mol. The molecule has 0 spiro atoms. The summed E-state index contributed by atoms with van der Waals surface area (Å²) in [6.07, 6.45) is 2.34. The number of hydrogen-bond donors (Lipinski definition) is 2. The second-order valence-electron chi connectivity index (χ2n) is 7.84. The van der Waals surface area contributed by atoms with E-state index in [0.717, 1.165) is 55.5 Å². The zero-order chi connectivity index (χ0) is 19.6. The molecule has 0 aromatic heterocycles. The maximum absolute atomic E-state index is 11.8. The third-order valence-corrected chi connectivity index (χ3v) is 5.76. The van der Waals surface area contributed by atoms with Gasteiger partial charge in [-0.05, 0) is 49.2 Å². The number of nitrogens with zero attached hydrogens (tertiary/aromatic N) is 2. The third kappa shape index (κ3) is 3.96. The third-order valence-electron chi connectivity index (χ3n) is 5.76. The minimum absolute atomic E-state index is 0.00814. The Morgan fingerprint density at radius 1 is 1.07 bits per heavy atom. The minimum atomic E-state index is -0.00814. The van der Waals surface area contributed by atoms with Crippen LogP contribution in [0.2, 0.25) is 0 Å². The number of amides is 2. The SMILES string of the molecule is O=C1NCCN1c1ccc(CN2CCCC(Nc3ccc4c(c3)OCO4)C2)cc1. The molecule has 0 radical (unpaired) electrons. The number of benzene rings is 2. The number of likely N-dealkylation sites (tertiary alicyclic amines) is 1. The van der Waals surface area contributed by atoms with Crippen molar-refractivity contribution in [3.63, 3.8) is 0 Å². The Hall–Kier alpha value is -2.93. The van der Waals surface area contributed by atoms with Crippen molar-refractivity contribution < 1.29 is 14.3 Å². The van der Waals surface area contributed by atoms with Gasteiger partial charge in [-0.25, -0.2) is 4.79 Å². The van der Waals surface area contributed by atoms with Gasteiger partial charge >= 0.3 is 6.03 Å². The predicted molar refractivity (Wildman–Crippen MR) is 112 cm³/mol. The van der Waals surface area contributed by atoms with Crippen molar-refractivity contribution in [3.05, 3.63) is 48.0 Å². The first-order valence-corrected chi connectivity index (χ1v) is 10.3. The van der Waals surface area contributed by atoms with Crippen LogP contribution in [0.4, 0.5) is 16.2 Å². The van der Waals surface area contributed by atoms with E-state index in [-0.39, 0.29) is 6.03 Å². The standard InChI is InChI=1S/C22H26N4O3/c27-22-23-9-11-26(22)19-6-3-16(4-7-19)13-25-10-1-2-18(14-25)24-17-5-8-20-21(12-17)29-15-28-20/h3-8,12,18,24H,1-2,9-11,13-15H2,(H,23,27). The summed E-state index contributed by atoms with van der Waals surface area (Å²) in [7, 11) is 0. The number of hydrogen-bond acceptors (Lipinski definition) is 5. The second kappa shape index (κ2) is 7.83. The molecule has 3 aliphatic rings. The lowest BCUT2D eigenvalue weighted by molar-refractivity contribution is 0.174. The molecule has 2 fully saturated rings. The number of nitrogens with one attached hydrogen (secondary N) is 2. The molecule has 2 aromatic rings. The summed E-state index contributed by atoms with van der Waals surface area (Å²) in [6.45, 7) is 4.78. The Morgan fingerprint density at radius 3 is 2.76 bits per heavy atom. The van der Waals surface area contributed by atoms with Crippen LogP contribution in [0, 0.1) is 0 Å². The molecular formula is C22H26N4O3. The van der Waals surface area contributed by atoms with Crippen LogP contribution in [0.3, 0.4) is 0 Å². The van der Waals surface area contributed by atoms with Crippen LogP contribution in [0.5, 0.6) is 11.5 Å². The van der Waals surface area contributed by atoms with Crippen LogP contribution in [0.15, 0.2) is 42.5 Å². The maximum atomic E-state index is 11.8. The van der Waals surface area contributed by atoms with Crippen LogP contribution in [0.25, 0.3) is 0 Å². The van der Waals surface area contributed by atoms with Gasteiger partial charge < -0.3 is 20.1 Å². The van der Waals surface area contributed by atoms with Gasteiger partial charge in [0.05, 0.1) is 0 Å². The molecule has 2 aromatic carbocycles. The lowest BCUT2D eigenvalue weighted by Gasteiger charge is -2.33. The molecule has 2 N–H and O–H groups in total. The molecule has 7 nitrogen and oxygen atoms in total. The van der Waals surface area contributed by atoms with Crippen LogP contribution < -0.4 is 25.0 Å². The highest BCUT2D eigenvalue weighted by Gasteiger charge is 2.23. The molecule has 0 saturated carbocycles. The number of urea groups is 1. The van der Waals surface area contributed by atoms with E-state index < -0.39 is 0 Å². The highest BCUT2D eigenvalue weighted by Crippen LogP contribution is 2.34. The van der Waals surface area contributed by atoms with Crippen molar-refractivity contribution in [1.29, 1.82) is 0 Å². The van der Waals surface area contributed by atoms with Crippen molar-refractivity contribution in [3.8, 4) is 11.5 Å². The Bertz CT molecular complexity index is 886. The van der Waals surface area contributed by atoms with Gasteiger partial charge in [0.15, 0.2) is 11.5 Å². The summed E-state index contributed by atoms with van der Waals surface area (Å²) in [6, 6.07) is 14.8. The van der Waals surface area contributed by atoms with E-state index in [1.807, 2.05) is 24.3 Å². The fourth-order valence-electron chi connectivity index (χ4n) is 4.30. The zero-order valence-corrected chi connectivity index (χ0v) is 16.4. The van der Waals surface area contributed by atoms with Gasteiger partial charge in [0.25, 0.3) is 0 Å². The Kier molecular flexibility index (Phi) is 4.89. The fraction of sp³-hybridized carbons (Fsp3) is 0.409. The Labute approximate surface area is 170 Å². The fourth-order valence-corrected chi connectivity index (χ4v) is 4.30. The van der Waals surface area contributed by atoms with E-state index >= 15 is 0 Å². The van der Waals surface area contributed by atoms with E-state index in [1.165, 1.54) is 12.0 Å². The quantitative estimate of drug-likeness (QED) is 0.816. The molecule has 2 amide bonds. The minimum Gasteiger partial charge on any atom is -0.454 e. The van der Waals surface area contributed by atoms with Crippen molar-refractivity contribution in [2.24, 2.45) is 0 Å². The molecule has 7 heteroatoms. The number of carbonyl (C=O) groups excluding carboxylic acids is 1. The predicted octanol–water partition coefficient (Wildman–Crippen LogP) is 3.02. The number of anilines is 2. The van der Waals surface area contributed by atoms with Gasteiger partial charge in [-0.2, -0.15) is 0 Å². The van der Waals surface area contributed by atoms with Crippen LogP contribution in [0.1, 0.15) is 18.4 Å². The molecule has 0 bridgehead atoms. The summed E-state index contributed by atoms with van der Waals surface area (Å²) in [4.78, 5) is 16.1. The number of ether oxygens (including phenoxy) is 2. The molecule has 152 valence electrons. The van der Waals surface area contributed by atoms with E-state index in [4.69, 9.17) is 9.47 Å². The molecule has 0 aliphatic carbocycles. The normalized spacial score (nSPS) is 21.3. The van der Waals surface area contributed by atoms with Crippen molar-refractivity contribution in [1.82, 2.24) is 10.2 Å². The van der Waals surface area contributed by atoms with Crippen LogP contribution >= 0.6 is 0 Å². The molecule has 1 atom stereocenters. The first-order chi connectivity index (χ1) is 14.2. The summed E-state index contributed by atoms with van der Waals surface area (Å²) < 4.78 is 10.9. The average Bonchev–Trinajstić information content (AvgIpc) is 3.37. The summed E-state index contributed by atoms with van der Waals surface area (Å²) >= 11 is 0. The van der Waals surface area contributed by atoms with Crippen molar-refractivity contribution in [2.45, 2.75) is 25.4 Å². The number of piperidine rings is 1. The van der Waals surface area contributed by atoms with Crippen molar-refractivity contribution >= 4 is 17.4 Å². The van der Waals surface area contributed by atoms with Gasteiger partial charge in [0.2, 0.25) is 6.79 Å². The molecule has 2 saturated heterocycles. The first-order valence-electron chi connectivity index (χ1n) is 10.3. The van der Waals surface area contributed by atoms with Gasteiger partial charge in [0.1, 0.15) is 0 Å².